The quantitative estimate of drug-likeness (QED) is 0.0998. The Morgan fingerprint density at radius 1 is 0.638 bits per heavy atom. The Morgan fingerprint density at radius 2 is 1.02 bits per heavy atom. The highest BCUT2D eigenvalue weighted by Gasteiger charge is 2.38. The maximum Gasteiger partial charge on any atom is 0.407 e. The van der Waals surface area contributed by atoms with Crippen LogP contribution in [0.15, 0.2) is 60.7 Å². The van der Waals surface area contributed by atoms with Crippen molar-refractivity contribution in [2.75, 3.05) is 27.3 Å². The van der Waals surface area contributed by atoms with Gasteiger partial charge in [0, 0.05) is 13.1 Å². The number of carbonyl (C=O) groups excluding carboxylic acids is 4. The first-order valence-electron chi connectivity index (χ1n) is 20.3. The van der Waals surface area contributed by atoms with Crippen molar-refractivity contribution in [1.82, 2.24) is 40.4 Å². The van der Waals surface area contributed by atoms with E-state index in [9.17, 15) is 19.2 Å². The second-order valence-electron chi connectivity index (χ2n) is 16.3. The highest BCUT2D eigenvalue weighted by Crippen LogP contribution is 2.36. The number of benzene rings is 3. The van der Waals surface area contributed by atoms with E-state index in [1.165, 1.54) is 14.2 Å². The van der Waals surface area contributed by atoms with E-state index in [0.717, 1.165) is 81.7 Å². The largest absolute Gasteiger partial charge is 0.453 e. The van der Waals surface area contributed by atoms with Gasteiger partial charge in [-0.05, 0) is 96.9 Å². The number of amides is 4. The molecule has 0 aliphatic carbocycles. The highest BCUT2D eigenvalue weighted by atomic mass is 16.5. The van der Waals surface area contributed by atoms with Crippen molar-refractivity contribution in [1.29, 1.82) is 0 Å². The predicted molar refractivity (Wildman–Crippen MR) is 222 cm³/mol. The van der Waals surface area contributed by atoms with E-state index < -0.39 is 24.3 Å². The fourth-order valence-corrected chi connectivity index (χ4v) is 8.41. The number of fused-ring (bicyclic) bond motifs is 2. The number of methoxy groups -OCH3 is 2. The smallest absolute Gasteiger partial charge is 0.407 e. The number of aromatic nitrogens is 4. The summed E-state index contributed by atoms with van der Waals surface area (Å²) in [6.45, 7) is 9.29. The van der Waals surface area contributed by atoms with Gasteiger partial charge in [0.25, 0.3) is 0 Å². The van der Waals surface area contributed by atoms with Gasteiger partial charge in [-0.25, -0.2) is 19.6 Å². The zero-order valence-electron chi connectivity index (χ0n) is 34.1. The molecule has 4 atom stereocenters. The van der Waals surface area contributed by atoms with Crippen LogP contribution >= 0.6 is 0 Å². The van der Waals surface area contributed by atoms with E-state index in [2.05, 4.69) is 69.1 Å². The number of ether oxygens (including phenoxy) is 2. The lowest BCUT2D eigenvalue weighted by Gasteiger charge is -2.29. The normalized spacial score (nSPS) is 17.9. The molecule has 0 unspecified atom stereocenters. The third-order valence-corrected chi connectivity index (χ3v) is 11.2. The van der Waals surface area contributed by atoms with Crippen LogP contribution < -0.4 is 10.6 Å². The minimum atomic E-state index is -0.669. The van der Waals surface area contributed by atoms with Crippen LogP contribution in [0.25, 0.3) is 44.3 Å². The molecule has 3 aromatic carbocycles. The van der Waals surface area contributed by atoms with Crippen molar-refractivity contribution < 1.29 is 28.7 Å². The predicted octanol–water partition coefficient (Wildman–Crippen LogP) is 7.64. The number of carbonyl (C=O) groups is 4. The summed E-state index contributed by atoms with van der Waals surface area (Å²) < 4.78 is 9.61. The van der Waals surface area contributed by atoms with Crippen LogP contribution in [0.5, 0.6) is 0 Å². The standard InChI is InChI=1S/C44H54N8O6/c1-25(2)21-35(49-43(55)57-5)41(53)51-19-7-9-37(51)39-45-31-17-15-29(23-33(31)47-39)27-11-13-28(14-12-27)30-16-18-32-34(24-30)48-40(46-32)38-10-8-20-52(38)42(54)36(22-26(3)4)50-44(56)58-6/h11-18,23-26,35-38H,7-10,19-22H2,1-6H3,(H,45,47)(H,46,48)(H,49,55)(H,50,56)/t35-,36-,37-,38-/m0/s1. The molecule has 306 valence electrons. The molecular formula is C44H54N8O6. The monoisotopic (exact) mass is 790 g/mol. The molecule has 2 aromatic heterocycles. The van der Waals surface area contributed by atoms with E-state index in [4.69, 9.17) is 19.4 Å². The van der Waals surface area contributed by atoms with Crippen LogP contribution in [-0.4, -0.2) is 93.1 Å². The fourth-order valence-electron chi connectivity index (χ4n) is 8.41. The summed E-state index contributed by atoms with van der Waals surface area (Å²) in [4.78, 5) is 72.0. The number of nitrogens with one attached hydrogen (secondary N) is 4. The van der Waals surface area contributed by atoms with Gasteiger partial charge in [-0.2, -0.15) is 0 Å². The first kappa shape index (κ1) is 40.3. The molecule has 4 N–H and O–H groups in total. The Bertz CT molecular complexity index is 2120. The molecule has 14 nitrogen and oxygen atoms in total. The second kappa shape index (κ2) is 17.3. The van der Waals surface area contributed by atoms with E-state index in [-0.39, 0.29) is 35.7 Å². The minimum absolute atomic E-state index is 0.121. The first-order chi connectivity index (χ1) is 27.9. The summed E-state index contributed by atoms with van der Waals surface area (Å²) in [6, 6.07) is 19.0. The molecule has 0 radical (unpaired) electrons. The van der Waals surface area contributed by atoms with Crippen LogP contribution in [0.1, 0.15) is 90.0 Å². The van der Waals surface area contributed by atoms with E-state index in [1.807, 2.05) is 49.6 Å². The summed E-state index contributed by atoms with van der Waals surface area (Å²) in [5.41, 5.74) is 7.61. The summed E-state index contributed by atoms with van der Waals surface area (Å²) in [5.74, 6) is 1.66. The number of likely N-dealkylation sites (tertiary alicyclic amines) is 2. The number of imidazole rings is 2. The van der Waals surface area contributed by atoms with Crippen molar-refractivity contribution in [3.63, 3.8) is 0 Å². The maximum atomic E-state index is 13.7. The van der Waals surface area contributed by atoms with E-state index in [0.29, 0.717) is 25.9 Å². The molecule has 4 heterocycles. The fraction of sp³-hybridized carbons (Fsp3) is 0.455. The van der Waals surface area contributed by atoms with Crippen LogP contribution in [0.3, 0.4) is 0 Å². The van der Waals surface area contributed by atoms with Gasteiger partial charge >= 0.3 is 12.2 Å². The summed E-state index contributed by atoms with van der Waals surface area (Å²) in [5, 5.41) is 5.48. The molecule has 2 saturated heterocycles. The second-order valence-corrected chi connectivity index (χ2v) is 16.3. The Balaban J connectivity index is 1.06. The molecule has 0 bridgehead atoms. The molecule has 58 heavy (non-hydrogen) atoms. The van der Waals surface area contributed by atoms with E-state index >= 15 is 0 Å². The number of aromatic amines is 2. The summed E-state index contributed by atoms with van der Waals surface area (Å²) in [7, 11) is 2.60. The van der Waals surface area contributed by atoms with Gasteiger partial charge < -0.3 is 39.9 Å². The number of hydrogen-bond acceptors (Lipinski definition) is 8. The Kier molecular flexibility index (Phi) is 12.0. The number of rotatable bonds is 12. The van der Waals surface area contributed by atoms with Crippen molar-refractivity contribution in [2.24, 2.45) is 11.8 Å². The van der Waals surface area contributed by atoms with Gasteiger partial charge in [0.05, 0.1) is 48.4 Å². The van der Waals surface area contributed by atoms with Crippen molar-refractivity contribution in [3.05, 3.63) is 72.3 Å². The Labute approximate surface area is 338 Å². The molecule has 2 fully saturated rings. The van der Waals surface area contributed by atoms with Gasteiger partial charge in [0.1, 0.15) is 23.7 Å². The van der Waals surface area contributed by atoms with Gasteiger partial charge in [-0.3, -0.25) is 9.59 Å². The third-order valence-electron chi connectivity index (χ3n) is 11.2. The average Bonchev–Trinajstić information content (AvgIpc) is 4.04. The lowest BCUT2D eigenvalue weighted by atomic mass is 10.00. The van der Waals surface area contributed by atoms with Crippen molar-refractivity contribution in [2.45, 2.75) is 90.4 Å². The maximum absolute atomic E-state index is 13.7. The van der Waals surface area contributed by atoms with Crippen LogP contribution in [0.2, 0.25) is 0 Å². The SMILES string of the molecule is COC(=O)N[C@@H](CC(C)C)C(=O)N1CCC[C@H]1c1nc2ccc(-c3ccc(-c4ccc5nc([C@@H]6CCCN6C(=O)[C@H](CC(C)C)NC(=O)OC)[nH]c5c4)cc3)cc2[nH]1. The van der Waals surface area contributed by atoms with Gasteiger partial charge in [0.2, 0.25) is 11.8 Å². The van der Waals surface area contributed by atoms with Crippen molar-refractivity contribution in [3.8, 4) is 22.3 Å². The third kappa shape index (κ3) is 8.65. The molecule has 7 rings (SSSR count). The molecule has 5 aromatic rings. The molecule has 0 saturated carbocycles. The number of nitrogens with zero attached hydrogens (tertiary/aromatic N) is 4. The number of H-pyrrole nitrogens is 2. The first-order valence-corrected chi connectivity index (χ1v) is 20.3. The molecule has 2 aliphatic rings. The Morgan fingerprint density at radius 3 is 1.38 bits per heavy atom. The van der Waals surface area contributed by atoms with Gasteiger partial charge in [-0.1, -0.05) is 64.1 Å². The van der Waals surface area contributed by atoms with Crippen LogP contribution in [0.4, 0.5) is 9.59 Å². The molecule has 2 aliphatic heterocycles. The summed E-state index contributed by atoms with van der Waals surface area (Å²) >= 11 is 0. The zero-order chi connectivity index (χ0) is 41.1. The van der Waals surface area contributed by atoms with Crippen LogP contribution in [-0.2, 0) is 19.1 Å². The molecule has 14 heteroatoms. The lowest BCUT2D eigenvalue weighted by Crippen LogP contribution is -2.49. The average molecular weight is 791 g/mol. The minimum Gasteiger partial charge on any atom is -0.453 e. The number of hydrogen-bond donors (Lipinski definition) is 4. The Hall–Kier alpha value is -5.92. The lowest BCUT2D eigenvalue weighted by molar-refractivity contribution is -0.135. The van der Waals surface area contributed by atoms with Gasteiger partial charge in [0.15, 0.2) is 0 Å². The van der Waals surface area contributed by atoms with Crippen molar-refractivity contribution >= 4 is 46.1 Å². The topological polar surface area (TPSA) is 175 Å². The molecule has 0 spiro atoms. The number of alkyl carbamates (subject to hydrolysis) is 2. The molecular weight excluding hydrogens is 737 g/mol. The van der Waals surface area contributed by atoms with Gasteiger partial charge in [-0.15, -0.1) is 0 Å². The summed E-state index contributed by atoms with van der Waals surface area (Å²) in [6.07, 6.45) is 3.07. The highest BCUT2D eigenvalue weighted by molar-refractivity contribution is 5.88. The molecule has 4 amide bonds. The van der Waals surface area contributed by atoms with E-state index in [1.54, 1.807) is 0 Å². The van der Waals surface area contributed by atoms with Crippen LogP contribution in [0, 0.1) is 11.8 Å². The zero-order valence-corrected chi connectivity index (χ0v) is 34.1.